The van der Waals surface area contributed by atoms with Gasteiger partial charge >= 0.3 is 6.03 Å². The van der Waals surface area contributed by atoms with E-state index in [1.807, 2.05) is 12.1 Å². The first-order valence-corrected chi connectivity index (χ1v) is 8.46. The van der Waals surface area contributed by atoms with E-state index in [9.17, 15) is 9.59 Å². The average Bonchev–Trinajstić information content (AvgIpc) is 3.21. The Morgan fingerprint density at radius 1 is 1.08 bits per heavy atom. The molecule has 0 unspecified atom stereocenters. The normalized spacial score (nSPS) is 14.6. The number of benzene rings is 1. The number of nitrogens with one attached hydrogen (secondary N) is 3. The summed E-state index contributed by atoms with van der Waals surface area (Å²) in [6.45, 7) is 2.94. The molecule has 25 heavy (non-hydrogen) atoms. The van der Waals surface area contributed by atoms with E-state index in [-0.39, 0.29) is 24.4 Å². The van der Waals surface area contributed by atoms with Gasteiger partial charge in [0.2, 0.25) is 5.91 Å². The maximum atomic E-state index is 12.0. The Balaban J connectivity index is 1.40. The third-order valence-electron chi connectivity index (χ3n) is 4.61. The van der Waals surface area contributed by atoms with E-state index in [0.29, 0.717) is 12.3 Å². The zero-order valence-corrected chi connectivity index (χ0v) is 14.3. The van der Waals surface area contributed by atoms with Gasteiger partial charge in [0.15, 0.2) is 0 Å². The number of rotatable bonds is 7. The Bertz CT molecular complexity index is 736. The molecule has 1 aromatic heterocycles. The summed E-state index contributed by atoms with van der Waals surface area (Å²) in [6.07, 6.45) is 3.70. The average molecular weight is 341 g/mol. The number of carbonyl (C=O) groups is 2. The molecule has 0 atom stereocenters. The van der Waals surface area contributed by atoms with Gasteiger partial charge < -0.3 is 20.4 Å². The van der Waals surface area contributed by atoms with E-state index >= 15 is 0 Å². The molecule has 1 saturated carbocycles. The van der Waals surface area contributed by atoms with E-state index in [1.165, 1.54) is 11.1 Å². The predicted molar refractivity (Wildman–Crippen MR) is 94.0 cm³/mol. The van der Waals surface area contributed by atoms with Crippen LogP contribution in [0.4, 0.5) is 4.79 Å². The standard InChI is InChI=1S/C19H23N3O3/c1-14-5-2-3-7-16(14)19(8-9-19)13-22-17(23)12-21-18(24)20-11-15-6-4-10-25-15/h2-7,10H,8-9,11-13H2,1H3,(H,22,23)(H2,20,21,24). The van der Waals surface area contributed by atoms with Gasteiger partial charge in [-0.25, -0.2) is 4.79 Å². The summed E-state index contributed by atoms with van der Waals surface area (Å²) in [5.74, 6) is 0.474. The topological polar surface area (TPSA) is 83.4 Å². The molecule has 2 aromatic rings. The lowest BCUT2D eigenvalue weighted by Gasteiger charge is -2.19. The van der Waals surface area contributed by atoms with Crippen LogP contribution in [0.1, 0.15) is 29.7 Å². The van der Waals surface area contributed by atoms with Crippen molar-refractivity contribution in [1.82, 2.24) is 16.0 Å². The van der Waals surface area contributed by atoms with Gasteiger partial charge in [-0.15, -0.1) is 0 Å². The van der Waals surface area contributed by atoms with Crippen LogP contribution in [0.2, 0.25) is 0 Å². The molecule has 6 nitrogen and oxygen atoms in total. The van der Waals surface area contributed by atoms with Crippen LogP contribution < -0.4 is 16.0 Å². The van der Waals surface area contributed by atoms with E-state index < -0.39 is 6.03 Å². The molecule has 3 N–H and O–H groups in total. The van der Waals surface area contributed by atoms with Crippen molar-refractivity contribution in [3.8, 4) is 0 Å². The van der Waals surface area contributed by atoms with Crippen molar-refractivity contribution >= 4 is 11.9 Å². The van der Waals surface area contributed by atoms with Gasteiger partial charge in [0.1, 0.15) is 5.76 Å². The maximum Gasteiger partial charge on any atom is 0.315 e. The lowest BCUT2D eigenvalue weighted by Crippen LogP contribution is -2.43. The summed E-state index contributed by atoms with van der Waals surface area (Å²) in [5.41, 5.74) is 2.62. The first-order valence-electron chi connectivity index (χ1n) is 8.46. The van der Waals surface area contributed by atoms with Crippen LogP contribution in [0.25, 0.3) is 0 Å². The number of carbonyl (C=O) groups excluding carboxylic acids is 2. The molecule has 0 aliphatic heterocycles. The van der Waals surface area contributed by atoms with Crippen molar-refractivity contribution in [2.24, 2.45) is 0 Å². The van der Waals surface area contributed by atoms with Crippen LogP contribution in [-0.4, -0.2) is 25.0 Å². The fraction of sp³-hybridized carbons (Fsp3) is 0.368. The SMILES string of the molecule is Cc1ccccc1C1(CNC(=O)CNC(=O)NCc2ccco2)CC1. The summed E-state index contributed by atoms with van der Waals surface area (Å²) in [5, 5.41) is 8.12. The molecule has 6 heteroatoms. The largest absolute Gasteiger partial charge is 0.467 e. The molecule has 0 spiro atoms. The second-order valence-electron chi connectivity index (χ2n) is 6.49. The van der Waals surface area contributed by atoms with Crippen LogP contribution >= 0.6 is 0 Å². The molecule has 0 saturated heterocycles. The summed E-state index contributed by atoms with van der Waals surface area (Å²) in [6, 6.07) is 11.4. The molecular weight excluding hydrogens is 318 g/mol. The zero-order chi connectivity index (χ0) is 17.7. The fourth-order valence-electron chi connectivity index (χ4n) is 2.99. The van der Waals surface area contributed by atoms with Gasteiger partial charge in [0.25, 0.3) is 0 Å². The van der Waals surface area contributed by atoms with Gasteiger partial charge in [-0.2, -0.15) is 0 Å². The predicted octanol–water partition coefficient (Wildman–Crippen LogP) is 2.24. The first kappa shape index (κ1) is 17.1. The zero-order valence-electron chi connectivity index (χ0n) is 14.3. The Kier molecular flexibility index (Phi) is 5.07. The highest BCUT2D eigenvalue weighted by Gasteiger charge is 2.45. The van der Waals surface area contributed by atoms with Crippen LogP contribution in [0, 0.1) is 6.92 Å². The van der Waals surface area contributed by atoms with E-state index in [2.05, 4.69) is 35.0 Å². The van der Waals surface area contributed by atoms with Gasteiger partial charge in [-0.05, 0) is 43.0 Å². The smallest absolute Gasteiger partial charge is 0.315 e. The van der Waals surface area contributed by atoms with Crippen molar-refractivity contribution in [2.45, 2.75) is 31.7 Å². The van der Waals surface area contributed by atoms with Gasteiger partial charge in [0, 0.05) is 12.0 Å². The van der Waals surface area contributed by atoms with E-state index in [0.717, 1.165) is 12.8 Å². The third kappa shape index (κ3) is 4.41. The lowest BCUT2D eigenvalue weighted by atomic mass is 9.92. The van der Waals surface area contributed by atoms with Crippen LogP contribution in [0.15, 0.2) is 47.1 Å². The highest BCUT2D eigenvalue weighted by molar-refractivity contribution is 5.83. The second kappa shape index (κ2) is 7.42. The molecule has 1 aliphatic rings. The Labute approximate surface area is 147 Å². The molecule has 3 rings (SSSR count). The molecular formula is C19H23N3O3. The number of furan rings is 1. The maximum absolute atomic E-state index is 12.0. The summed E-state index contributed by atoms with van der Waals surface area (Å²) in [4.78, 5) is 23.7. The number of urea groups is 1. The van der Waals surface area contributed by atoms with E-state index in [4.69, 9.17) is 4.42 Å². The summed E-state index contributed by atoms with van der Waals surface area (Å²) in [7, 11) is 0. The Morgan fingerprint density at radius 2 is 1.88 bits per heavy atom. The van der Waals surface area contributed by atoms with Gasteiger partial charge in [-0.1, -0.05) is 24.3 Å². The minimum absolute atomic E-state index is 0.0478. The van der Waals surface area contributed by atoms with E-state index in [1.54, 1.807) is 18.4 Å². The van der Waals surface area contributed by atoms with Crippen molar-refractivity contribution in [3.63, 3.8) is 0 Å². The number of aryl methyl sites for hydroxylation is 1. The van der Waals surface area contributed by atoms with Crippen molar-refractivity contribution in [2.75, 3.05) is 13.1 Å². The van der Waals surface area contributed by atoms with Crippen molar-refractivity contribution < 1.29 is 14.0 Å². The molecule has 0 bridgehead atoms. The lowest BCUT2D eigenvalue weighted by molar-refractivity contribution is -0.120. The molecule has 132 valence electrons. The molecule has 1 heterocycles. The Morgan fingerprint density at radius 3 is 2.56 bits per heavy atom. The minimum Gasteiger partial charge on any atom is -0.467 e. The van der Waals surface area contributed by atoms with Crippen LogP contribution in [-0.2, 0) is 16.8 Å². The molecule has 0 radical (unpaired) electrons. The number of hydrogen-bond donors (Lipinski definition) is 3. The second-order valence-corrected chi connectivity index (χ2v) is 6.49. The fourth-order valence-corrected chi connectivity index (χ4v) is 2.99. The molecule has 1 aromatic carbocycles. The first-order chi connectivity index (χ1) is 12.1. The number of amides is 3. The molecule has 1 aliphatic carbocycles. The summed E-state index contributed by atoms with van der Waals surface area (Å²) < 4.78 is 5.12. The minimum atomic E-state index is -0.397. The van der Waals surface area contributed by atoms with Crippen LogP contribution in [0.3, 0.4) is 0 Å². The monoisotopic (exact) mass is 341 g/mol. The Hall–Kier alpha value is -2.76. The third-order valence-corrected chi connectivity index (χ3v) is 4.61. The molecule has 1 fully saturated rings. The summed E-state index contributed by atoms with van der Waals surface area (Å²) >= 11 is 0. The van der Waals surface area contributed by atoms with Gasteiger partial charge in [-0.3, -0.25) is 4.79 Å². The quantitative estimate of drug-likeness (QED) is 0.722. The number of hydrogen-bond acceptors (Lipinski definition) is 3. The van der Waals surface area contributed by atoms with Crippen molar-refractivity contribution in [3.05, 3.63) is 59.5 Å². The highest BCUT2D eigenvalue weighted by atomic mass is 16.3. The van der Waals surface area contributed by atoms with Gasteiger partial charge in [0.05, 0.1) is 19.4 Å². The molecule has 3 amide bonds. The highest BCUT2D eigenvalue weighted by Crippen LogP contribution is 2.48. The van der Waals surface area contributed by atoms with Crippen molar-refractivity contribution in [1.29, 1.82) is 0 Å². The van der Waals surface area contributed by atoms with Crippen LogP contribution in [0.5, 0.6) is 0 Å².